The fourth-order valence-corrected chi connectivity index (χ4v) is 2.71. The molecule has 0 amide bonds. The highest BCUT2D eigenvalue weighted by molar-refractivity contribution is 5.89. The Balaban J connectivity index is 0.00000144. The molecule has 22 heavy (non-hydrogen) atoms. The summed E-state index contributed by atoms with van der Waals surface area (Å²) >= 11 is 0. The van der Waals surface area contributed by atoms with E-state index in [0.717, 1.165) is 29.9 Å². The van der Waals surface area contributed by atoms with Crippen molar-refractivity contribution in [2.75, 3.05) is 6.79 Å². The van der Waals surface area contributed by atoms with Crippen molar-refractivity contribution in [2.24, 2.45) is 0 Å². The zero-order valence-electron chi connectivity index (χ0n) is 12.0. The van der Waals surface area contributed by atoms with Crippen LogP contribution >= 0.6 is 0 Å². The van der Waals surface area contributed by atoms with Crippen molar-refractivity contribution in [3.63, 3.8) is 0 Å². The molecule has 1 aromatic heterocycles. The van der Waals surface area contributed by atoms with Crippen molar-refractivity contribution < 1.29 is 26.4 Å². The molecular weight excluding hydrogens is 298 g/mol. The van der Waals surface area contributed by atoms with Crippen LogP contribution in [0, 0.1) is 0 Å². The maximum absolute atomic E-state index is 5.59. The summed E-state index contributed by atoms with van der Waals surface area (Å²) in [5.41, 5.74) is 1.35. The molecule has 0 saturated carbocycles. The molecule has 2 heterocycles. The maximum Gasteiger partial charge on any atom is 0.231 e. The van der Waals surface area contributed by atoms with Crippen LogP contribution in [0.15, 0.2) is 60.9 Å². The summed E-state index contributed by atoms with van der Waals surface area (Å²) in [7, 11) is 0. The zero-order valence-corrected chi connectivity index (χ0v) is 12.8. The van der Waals surface area contributed by atoms with Gasteiger partial charge < -0.3 is 21.9 Å². The normalized spacial score (nSPS) is 12.2. The number of hydrogen-bond acceptors (Lipinski definition) is 2. The molecule has 3 aromatic rings. The molecule has 3 nitrogen and oxygen atoms in total. The van der Waals surface area contributed by atoms with Crippen molar-refractivity contribution in [3.05, 3.63) is 66.5 Å². The van der Waals surface area contributed by atoms with E-state index < -0.39 is 0 Å². The monoisotopic (exact) mass is 313 g/mol. The molecular formula is C18H16ClNO2. The number of ether oxygens (including phenoxy) is 2. The third-order valence-corrected chi connectivity index (χ3v) is 3.85. The molecule has 0 radical (unpaired) electrons. The molecule has 2 aromatic carbocycles. The Labute approximate surface area is 135 Å². The summed E-state index contributed by atoms with van der Waals surface area (Å²) in [5, 5.41) is 2.29. The predicted molar refractivity (Wildman–Crippen MR) is 80.4 cm³/mol. The molecule has 4 heteroatoms. The molecule has 0 N–H and O–H groups in total. The van der Waals surface area contributed by atoms with Crippen LogP contribution in [-0.2, 0) is 13.0 Å². The highest BCUT2D eigenvalue weighted by atomic mass is 35.5. The minimum absolute atomic E-state index is 0. The highest BCUT2D eigenvalue weighted by Gasteiger charge is 2.18. The van der Waals surface area contributed by atoms with Crippen LogP contribution in [0.4, 0.5) is 0 Å². The fourth-order valence-electron chi connectivity index (χ4n) is 2.71. The first kappa shape index (κ1) is 14.7. The average Bonchev–Trinajstić information content (AvgIpc) is 3.03. The summed E-state index contributed by atoms with van der Waals surface area (Å²) in [6.07, 6.45) is 5.28. The number of rotatable bonds is 3. The number of aromatic nitrogens is 1. The lowest BCUT2D eigenvalue weighted by atomic mass is 10.1. The SMILES string of the molecule is [Cl-].c1ccc(CC[n+]2ccc3ccc4c(c3c2)OCO4)cc1. The van der Waals surface area contributed by atoms with E-state index in [0.29, 0.717) is 6.79 Å². The molecule has 0 aliphatic carbocycles. The number of benzene rings is 2. The third-order valence-electron chi connectivity index (χ3n) is 3.85. The van der Waals surface area contributed by atoms with Crippen molar-refractivity contribution in [1.29, 1.82) is 0 Å². The Bertz CT molecular complexity index is 790. The van der Waals surface area contributed by atoms with Gasteiger partial charge in [0.2, 0.25) is 6.79 Å². The van der Waals surface area contributed by atoms with Gasteiger partial charge in [0.25, 0.3) is 0 Å². The van der Waals surface area contributed by atoms with Gasteiger partial charge in [0.15, 0.2) is 30.4 Å². The molecule has 0 atom stereocenters. The van der Waals surface area contributed by atoms with Gasteiger partial charge in [-0.15, -0.1) is 0 Å². The number of nitrogens with zero attached hydrogens (tertiary/aromatic N) is 1. The lowest BCUT2D eigenvalue weighted by molar-refractivity contribution is -0.695. The molecule has 1 aliphatic heterocycles. The summed E-state index contributed by atoms with van der Waals surface area (Å²) in [4.78, 5) is 0. The van der Waals surface area contributed by atoms with Gasteiger partial charge in [-0.05, 0) is 23.1 Å². The summed E-state index contributed by atoms with van der Waals surface area (Å²) in [6, 6.07) is 16.7. The molecule has 0 saturated heterocycles. The molecule has 4 rings (SSSR count). The number of halogens is 1. The molecule has 0 fully saturated rings. The Hall–Kier alpha value is -2.26. The number of hydrogen-bond donors (Lipinski definition) is 0. The second kappa shape index (κ2) is 6.24. The third kappa shape index (κ3) is 2.72. The van der Waals surface area contributed by atoms with E-state index in [1.807, 2.05) is 12.1 Å². The van der Waals surface area contributed by atoms with E-state index in [9.17, 15) is 0 Å². The van der Waals surface area contributed by atoms with Crippen molar-refractivity contribution in [2.45, 2.75) is 13.0 Å². The molecule has 0 unspecified atom stereocenters. The standard InChI is InChI=1S/C18H16NO2.ClH/c1-2-4-14(5-3-1)8-10-19-11-9-15-6-7-17-18(16(15)12-19)21-13-20-17;/h1-7,9,11-12H,8,10,13H2;1H/q+1;/p-1. The van der Waals surface area contributed by atoms with Crippen LogP contribution in [0.3, 0.4) is 0 Å². The van der Waals surface area contributed by atoms with Crippen LogP contribution in [0.1, 0.15) is 5.56 Å². The van der Waals surface area contributed by atoms with E-state index in [4.69, 9.17) is 9.47 Å². The van der Waals surface area contributed by atoms with E-state index in [1.54, 1.807) is 0 Å². The van der Waals surface area contributed by atoms with Crippen LogP contribution in [0.5, 0.6) is 11.5 Å². The summed E-state index contributed by atoms with van der Waals surface area (Å²) < 4.78 is 13.2. The quantitative estimate of drug-likeness (QED) is 0.640. The van der Waals surface area contributed by atoms with Crippen molar-refractivity contribution >= 4 is 10.8 Å². The van der Waals surface area contributed by atoms with Gasteiger partial charge in [0.1, 0.15) is 0 Å². The predicted octanol–water partition coefficient (Wildman–Crippen LogP) is 0.103. The summed E-state index contributed by atoms with van der Waals surface area (Å²) in [6.45, 7) is 1.26. The van der Waals surface area contributed by atoms with E-state index in [2.05, 4.69) is 53.4 Å². The average molecular weight is 314 g/mol. The van der Waals surface area contributed by atoms with Gasteiger partial charge in [-0.3, -0.25) is 0 Å². The smallest absolute Gasteiger partial charge is 0.231 e. The lowest BCUT2D eigenvalue weighted by Crippen LogP contribution is -3.00. The Morgan fingerprint density at radius 2 is 1.82 bits per heavy atom. The van der Waals surface area contributed by atoms with E-state index in [-0.39, 0.29) is 12.4 Å². The van der Waals surface area contributed by atoms with Gasteiger partial charge in [-0.2, -0.15) is 0 Å². The first-order valence-corrected chi connectivity index (χ1v) is 7.15. The van der Waals surface area contributed by atoms with Gasteiger partial charge in [-0.25, -0.2) is 4.57 Å². The minimum atomic E-state index is 0. The van der Waals surface area contributed by atoms with Crippen LogP contribution in [0.25, 0.3) is 10.8 Å². The largest absolute Gasteiger partial charge is 1.00 e. The van der Waals surface area contributed by atoms with Gasteiger partial charge >= 0.3 is 0 Å². The van der Waals surface area contributed by atoms with E-state index >= 15 is 0 Å². The van der Waals surface area contributed by atoms with Gasteiger partial charge in [0.05, 0.1) is 5.39 Å². The molecule has 1 aliphatic rings. The first-order valence-electron chi connectivity index (χ1n) is 7.15. The van der Waals surface area contributed by atoms with Crippen LogP contribution in [-0.4, -0.2) is 6.79 Å². The highest BCUT2D eigenvalue weighted by Crippen LogP contribution is 2.38. The Morgan fingerprint density at radius 1 is 0.955 bits per heavy atom. The van der Waals surface area contributed by atoms with Crippen LogP contribution in [0.2, 0.25) is 0 Å². The maximum atomic E-state index is 5.59. The van der Waals surface area contributed by atoms with Crippen LogP contribution < -0.4 is 26.4 Å². The second-order valence-corrected chi connectivity index (χ2v) is 5.22. The number of pyridine rings is 1. The number of aryl methyl sites for hydroxylation is 2. The van der Waals surface area contributed by atoms with Gasteiger partial charge in [-0.1, -0.05) is 30.3 Å². The Morgan fingerprint density at radius 3 is 2.68 bits per heavy atom. The first-order chi connectivity index (χ1) is 10.4. The van der Waals surface area contributed by atoms with Crippen molar-refractivity contribution in [3.8, 4) is 11.5 Å². The second-order valence-electron chi connectivity index (χ2n) is 5.22. The zero-order chi connectivity index (χ0) is 14.1. The van der Waals surface area contributed by atoms with E-state index in [1.165, 1.54) is 10.9 Å². The lowest BCUT2D eigenvalue weighted by Gasteiger charge is -2.03. The minimum Gasteiger partial charge on any atom is -1.00 e. The molecule has 0 bridgehead atoms. The van der Waals surface area contributed by atoms with Gasteiger partial charge in [0, 0.05) is 12.5 Å². The van der Waals surface area contributed by atoms with Crippen molar-refractivity contribution in [1.82, 2.24) is 0 Å². The topological polar surface area (TPSA) is 22.3 Å². The Kier molecular flexibility index (Phi) is 4.16. The number of fused-ring (bicyclic) bond motifs is 3. The summed E-state index contributed by atoms with van der Waals surface area (Å²) in [5.74, 6) is 1.70. The molecule has 0 spiro atoms. The molecule has 112 valence electrons. The fraction of sp³-hybridized carbons (Fsp3) is 0.167.